The number of thioether (sulfide) groups is 1. The molecule has 1 heterocycles. The molecule has 0 spiro atoms. The number of hydrogen-bond acceptors (Lipinski definition) is 2. The molecule has 82 valence electrons. The topological polar surface area (TPSA) is 12.0 Å². The van der Waals surface area contributed by atoms with Gasteiger partial charge in [-0.2, -0.15) is 13.2 Å². The predicted molar refractivity (Wildman–Crippen MR) is 53.8 cm³/mol. The smallest absolute Gasteiger partial charge is 0.312 e. The maximum atomic E-state index is 12.3. The van der Waals surface area contributed by atoms with Gasteiger partial charge in [-0.25, -0.2) is 0 Å². The van der Waals surface area contributed by atoms with Gasteiger partial charge in [-0.15, -0.1) is 0 Å². The van der Waals surface area contributed by atoms with E-state index in [4.69, 9.17) is 0 Å². The summed E-state index contributed by atoms with van der Waals surface area (Å²) >= 11 is -0.0246. The first-order valence-corrected chi connectivity index (χ1v) is 5.45. The van der Waals surface area contributed by atoms with E-state index in [1.165, 1.54) is 6.07 Å². The minimum atomic E-state index is -4.20. The summed E-state index contributed by atoms with van der Waals surface area (Å²) in [5, 5.41) is 3.09. The van der Waals surface area contributed by atoms with Gasteiger partial charge in [0.1, 0.15) is 0 Å². The number of fused-ring (bicyclic) bond motifs is 1. The molecular weight excluding hydrogens is 223 g/mol. The summed E-state index contributed by atoms with van der Waals surface area (Å²) < 4.78 is 36.8. The first-order valence-electron chi connectivity index (χ1n) is 4.63. The van der Waals surface area contributed by atoms with Crippen molar-refractivity contribution in [3.8, 4) is 0 Å². The standard InChI is InChI=1S/C10H10F3NS/c11-10(12,13)15-9-3-1-2-7-4-5-14-6-8(7)9/h1-3,14H,4-6H2. The molecule has 0 saturated heterocycles. The largest absolute Gasteiger partial charge is 0.446 e. The predicted octanol–water partition coefficient (Wildman–Crippen LogP) is 2.94. The van der Waals surface area contributed by atoms with Gasteiger partial charge < -0.3 is 5.32 Å². The lowest BCUT2D eigenvalue weighted by atomic mass is 10.0. The van der Waals surface area contributed by atoms with Gasteiger partial charge in [-0.1, -0.05) is 12.1 Å². The molecule has 2 rings (SSSR count). The van der Waals surface area contributed by atoms with Crippen LogP contribution in [0.1, 0.15) is 11.1 Å². The van der Waals surface area contributed by atoms with Crippen LogP contribution in [0.2, 0.25) is 0 Å². The summed E-state index contributed by atoms with van der Waals surface area (Å²) in [6, 6.07) is 5.12. The van der Waals surface area contributed by atoms with Crippen LogP contribution in [0.5, 0.6) is 0 Å². The molecule has 0 amide bonds. The van der Waals surface area contributed by atoms with Crippen LogP contribution in [-0.4, -0.2) is 12.1 Å². The molecule has 0 saturated carbocycles. The number of benzene rings is 1. The van der Waals surface area contributed by atoms with Gasteiger partial charge in [0.2, 0.25) is 0 Å². The molecule has 1 aliphatic heterocycles. The molecule has 0 bridgehead atoms. The van der Waals surface area contributed by atoms with E-state index in [9.17, 15) is 13.2 Å². The fourth-order valence-corrected chi connectivity index (χ4v) is 2.43. The monoisotopic (exact) mass is 233 g/mol. The van der Waals surface area contributed by atoms with Crippen molar-refractivity contribution in [1.82, 2.24) is 5.32 Å². The van der Waals surface area contributed by atoms with Crippen molar-refractivity contribution in [2.75, 3.05) is 6.54 Å². The Morgan fingerprint density at radius 1 is 1.27 bits per heavy atom. The quantitative estimate of drug-likeness (QED) is 0.748. The highest BCUT2D eigenvalue weighted by Gasteiger charge is 2.31. The van der Waals surface area contributed by atoms with E-state index in [0.29, 0.717) is 11.4 Å². The Morgan fingerprint density at radius 3 is 2.80 bits per heavy atom. The van der Waals surface area contributed by atoms with Gasteiger partial charge in [0.05, 0.1) is 0 Å². The van der Waals surface area contributed by atoms with Gasteiger partial charge in [-0.05, 0) is 41.9 Å². The van der Waals surface area contributed by atoms with Gasteiger partial charge in [0.15, 0.2) is 0 Å². The second kappa shape index (κ2) is 4.06. The van der Waals surface area contributed by atoms with Crippen LogP contribution < -0.4 is 5.32 Å². The van der Waals surface area contributed by atoms with Crippen LogP contribution in [0.25, 0.3) is 0 Å². The van der Waals surface area contributed by atoms with Crippen molar-refractivity contribution in [3.05, 3.63) is 29.3 Å². The van der Waals surface area contributed by atoms with Crippen LogP contribution in [0, 0.1) is 0 Å². The highest BCUT2D eigenvalue weighted by atomic mass is 32.2. The maximum absolute atomic E-state index is 12.3. The number of halogens is 3. The van der Waals surface area contributed by atoms with Gasteiger partial charge in [-0.3, -0.25) is 0 Å². The van der Waals surface area contributed by atoms with Gasteiger partial charge in [0, 0.05) is 11.4 Å². The normalized spacial score (nSPS) is 16.2. The fourth-order valence-electron chi connectivity index (χ4n) is 1.70. The highest BCUT2D eigenvalue weighted by molar-refractivity contribution is 8.00. The van der Waals surface area contributed by atoms with Crippen molar-refractivity contribution in [1.29, 1.82) is 0 Å². The fraction of sp³-hybridized carbons (Fsp3) is 0.400. The van der Waals surface area contributed by atoms with E-state index >= 15 is 0 Å². The molecule has 1 aliphatic rings. The molecule has 1 aromatic carbocycles. The van der Waals surface area contributed by atoms with Crippen LogP contribution in [0.15, 0.2) is 23.1 Å². The average Bonchev–Trinajstić information content (AvgIpc) is 2.16. The van der Waals surface area contributed by atoms with Crippen molar-refractivity contribution >= 4 is 11.8 Å². The Balaban J connectivity index is 2.31. The Morgan fingerprint density at radius 2 is 2.07 bits per heavy atom. The van der Waals surface area contributed by atoms with Crippen molar-refractivity contribution in [2.24, 2.45) is 0 Å². The second-order valence-electron chi connectivity index (χ2n) is 3.37. The van der Waals surface area contributed by atoms with Gasteiger partial charge >= 0.3 is 5.51 Å². The van der Waals surface area contributed by atoms with Crippen LogP contribution >= 0.6 is 11.8 Å². The summed E-state index contributed by atoms with van der Waals surface area (Å²) in [6.07, 6.45) is 0.807. The number of nitrogens with one attached hydrogen (secondary N) is 1. The zero-order valence-electron chi connectivity index (χ0n) is 7.90. The second-order valence-corrected chi connectivity index (χ2v) is 4.48. The van der Waals surface area contributed by atoms with E-state index in [2.05, 4.69) is 5.32 Å². The summed E-state index contributed by atoms with van der Waals surface area (Å²) in [6.45, 7) is 1.38. The number of hydrogen-bond donors (Lipinski definition) is 1. The third-order valence-corrected chi connectivity index (χ3v) is 3.16. The molecule has 1 N–H and O–H groups in total. The Bertz CT molecular complexity index is 362. The van der Waals surface area contributed by atoms with E-state index in [1.54, 1.807) is 6.07 Å². The summed E-state index contributed by atoms with van der Waals surface area (Å²) in [5.74, 6) is 0. The van der Waals surface area contributed by atoms with Crippen molar-refractivity contribution in [2.45, 2.75) is 23.4 Å². The third-order valence-electron chi connectivity index (χ3n) is 2.33. The molecule has 0 fully saturated rings. The SMILES string of the molecule is FC(F)(F)Sc1cccc2c1CNCC2. The molecule has 15 heavy (non-hydrogen) atoms. The zero-order chi connectivity index (χ0) is 10.9. The molecule has 0 radical (unpaired) electrons. The molecule has 0 aliphatic carbocycles. The molecule has 1 nitrogen and oxygen atoms in total. The number of rotatable bonds is 1. The van der Waals surface area contributed by atoms with E-state index in [1.807, 2.05) is 6.07 Å². The minimum absolute atomic E-state index is 0.0246. The minimum Gasteiger partial charge on any atom is -0.312 e. The summed E-state index contributed by atoms with van der Waals surface area (Å²) in [5.41, 5.74) is -2.37. The molecule has 1 aromatic rings. The molecular formula is C10H10F3NS. The van der Waals surface area contributed by atoms with Crippen molar-refractivity contribution < 1.29 is 13.2 Å². The average molecular weight is 233 g/mol. The van der Waals surface area contributed by atoms with Crippen LogP contribution in [0.4, 0.5) is 13.2 Å². The van der Waals surface area contributed by atoms with Crippen molar-refractivity contribution in [3.63, 3.8) is 0 Å². The lowest BCUT2D eigenvalue weighted by Gasteiger charge is -2.20. The van der Waals surface area contributed by atoms with E-state index < -0.39 is 5.51 Å². The highest BCUT2D eigenvalue weighted by Crippen LogP contribution is 2.39. The zero-order valence-corrected chi connectivity index (χ0v) is 8.71. The molecule has 0 unspecified atom stereocenters. The molecule has 0 aromatic heterocycles. The molecule has 5 heteroatoms. The first kappa shape index (κ1) is 10.8. The summed E-state index contributed by atoms with van der Waals surface area (Å²) in [7, 11) is 0. The molecule has 0 atom stereocenters. The van der Waals surface area contributed by atoms with E-state index in [-0.39, 0.29) is 11.8 Å². The van der Waals surface area contributed by atoms with Gasteiger partial charge in [0.25, 0.3) is 0 Å². The Labute approximate surface area is 90.1 Å². The Hall–Kier alpha value is -0.680. The lowest BCUT2D eigenvalue weighted by Crippen LogP contribution is -2.24. The Kier molecular flexibility index (Phi) is 2.93. The van der Waals surface area contributed by atoms with Crippen LogP contribution in [-0.2, 0) is 13.0 Å². The van der Waals surface area contributed by atoms with E-state index in [0.717, 1.165) is 24.1 Å². The first-order chi connectivity index (χ1) is 7.06. The third kappa shape index (κ3) is 2.66. The summed E-state index contributed by atoms with van der Waals surface area (Å²) in [4.78, 5) is 0.326. The lowest BCUT2D eigenvalue weighted by molar-refractivity contribution is -0.0328. The number of alkyl halides is 3. The maximum Gasteiger partial charge on any atom is 0.446 e. The van der Waals surface area contributed by atoms with Crippen LogP contribution in [0.3, 0.4) is 0 Å².